The first-order valence-corrected chi connectivity index (χ1v) is 17.3. The molecule has 0 aliphatic heterocycles. The largest absolute Gasteiger partial charge is 0.467 e. The van der Waals surface area contributed by atoms with Gasteiger partial charge in [-0.15, -0.1) is 0 Å². The molecular formula is C44H58O5. The summed E-state index contributed by atoms with van der Waals surface area (Å²) in [7, 11) is 3.30. The van der Waals surface area contributed by atoms with Gasteiger partial charge in [0.25, 0.3) is 0 Å². The van der Waals surface area contributed by atoms with Crippen LogP contribution in [0, 0.1) is 0 Å². The van der Waals surface area contributed by atoms with Crippen molar-refractivity contribution >= 4 is 0 Å². The van der Waals surface area contributed by atoms with Crippen molar-refractivity contribution in [2.45, 2.75) is 105 Å². The number of hydrogen-bond acceptors (Lipinski definition) is 5. The van der Waals surface area contributed by atoms with E-state index in [1.165, 1.54) is 11.1 Å². The Morgan fingerprint density at radius 3 is 1.08 bits per heavy atom. The highest BCUT2D eigenvalue weighted by atomic mass is 16.7. The van der Waals surface area contributed by atoms with Crippen LogP contribution < -0.4 is 14.2 Å². The van der Waals surface area contributed by atoms with Crippen molar-refractivity contribution in [3.05, 3.63) is 95.1 Å². The summed E-state index contributed by atoms with van der Waals surface area (Å²) in [6.07, 6.45) is 0. The fourth-order valence-electron chi connectivity index (χ4n) is 5.86. The summed E-state index contributed by atoms with van der Waals surface area (Å²) in [6.45, 7) is 27.1. The van der Waals surface area contributed by atoms with Crippen molar-refractivity contribution in [2.24, 2.45) is 0 Å². The van der Waals surface area contributed by atoms with Crippen LogP contribution in [0.15, 0.2) is 72.8 Å². The molecule has 4 aromatic rings. The number of methoxy groups -OCH3 is 2. The van der Waals surface area contributed by atoms with E-state index in [0.29, 0.717) is 0 Å². The molecule has 0 atom stereocenters. The molecule has 0 spiro atoms. The van der Waals surface area contributed by atoms with Crippen LogP contribution in [-0.2, 0) is 31.1 Å². The molecular weight excluding hydrogens is 608 g/mol. The molecule has 0 saturated carbocycles. The third-order valence-electron chi connectivity index (χ3n) is 8.74. The van der Waals surface area contributed by atoms with Crippen LogP contribution in [0.1, 0.15) is 105 Å². The minimum atomic E-state index is -0.178. The smallest absolute Gasteiger partial charge is 0.188 e. The summed E-state index contributed by atoms with van der Waals surface area (Å²) < 4.78 is 30.6. The maximum absolute atomic E-state index is 7.00. The quantitative estimate of drug-likeness (QED) is 0.158. The van der Waals surface area contributed by atoms with Crippen molar-refractivity contribution in [1.82, 2.24) is 0 Å². The molecule has 5 heteroatoms. The molecule has 0 N–H and O–H groups in total. The molecule has 0 aliphatic carbocycles. The first kappa shape index (κ1) is 38.0. The van der Waals surface area contributed by atoms with Crippen molar-refractivity contribution in [2.75, 3.05) is 27.8 Å². The molecule has 4 rings (SSSR count). The number of rotatable bonds is 10. The first-order valence-electron chi connectivity index (χ1n) is 17.3. The van der Waals surface area contributed by atoms with Crippen LogP contribution in [-0.4, -0.2) is 27.8 Å². The molecule has 0 aromatic heterocycles. The topological polar surface area (TPSA) is 46.2 Å². The average Bonchev–Trinajstić information content (AvgIpc) is 3.01. The van der Waals surface area contributed by atoms with Crippen molar-refractivity contribution < 1.29 is 23.7 Å². The van der Waals surface area contributed by atoms with Gasteiger partial charge in [0.2, 0.25) is 0 Å². The monoisotopic (exact) mass is 666 g/mol. The van der Waals surface area contributed by atoms with E-state index in [-0.39, 0.29) is 35.2 Å². The van der Waals surface area contributed by atoms with Crippen LogP contribution in [0.4, 0.5) is 0 Å². The maximum atomic E-state index is 7.00. The molecule has 49 heavy (non-hydrogen) atoms. The van der Waals surface area contributed by atoms with E-state index >= 15 is 0 Å². The predicted octanol–water partition coefficient (Wildman–Crippen LogP) is 12.0. The van der Waals surface area contributed by atoms with Gasteiger partial charge in [-0.3, -0.25) is 0 Å². The Hall–Kier alpha value is -3.80. The molecule has 0 bridgehead atoms. The molecule has 0 amide bonds. The lowest BCUT2D eigenvalue weighted by Gasteiger charge is -2.30. The van der Waals surface area contributed by atoms with Gasteiger partial charge in [-0.1, -0.05) is 132 Å². The van der Waals surface area contributed by atoms with E-state index in [2.05, 4.69) is 119 Å². The summed E-state index contributed by atoms with van der Waals surface area (Å²) in [5, 5.41) is 0. The second kappa shape index (κ2) is 14.6. The predicted molar refractivity (Wildman–Crippen MR) is 204 cm³/mol. The van der Waals surface area contributed by atoms with E-state index in [4.69, 9.17) is 23.7 Å². The summed E-state index contributed by atoms with van der Waals surface area (Å²) >= 11 is 0. The Morgan fingerprint density at radius 1 is 0.429 bits per heavy atom. The van der Waals surface area contributed by atoms with Gasteiger partial charge in [0.05, 0.1) is 0 Å². The van der Waals surface area contributed by atoms with Gasteiger partial charge in [-0.25, -0.2) is 0 Å². The minimum absolute atomic E-state index is 0.0849. The minimum Gasteiger partial charge on any atom is -0.467 e. The third kappa shape index (κ3) is 8.87. The molecule has 0 saturated heterocycles. The van der Waals surface area contributed by atoms with Gasteiger partial charge in [0.1, 0.15) is 23.0 Å². The molecule has 4 aromatic carbocycles. The Bertz CT molecular complexity index is 1610. The van der Waals surface area contributed by atoms with Gasteiger partial charge in [0.15, 0.2) is 13.6 Å². The Kier molecular flexibility index (Phi) is 11.3. The van der Waals surface area contributed by atoms with E-state index in [0.717, 1.165) is 56.4 Å². The Labute approximate surface area is 295 Å². The van der Waals surface area contributed by atoms with E-state index in [1.807, 2.05) is 36.4 Å². The SMILES string of the molecule is COCOc1c(-c2ccccc2Oc2ccccc2-c2cc(C(C)(C)C)cc(C(C)(C)C)c2OCOC)cc(C(C)(C)C)cc1C(C)(C)C. The fraction of sp³-hybridized carbons (Fsp3) is 0.455. The highest BCUT2D eigenvalue weighted by molar-refractivity contribution is 5.82. The molecule has 0 unspecified atom stereocenters. The van der Waals surface area contributed by atoms with Crippen molar-refractivity contribution in [3.63, 3.8) is 0 Å². The van der Waals surface area contributed by atoms with E-state index in [1.54, 1.807) is 14.2 Å². The normalized spacial score (nSPS) is 12.6. The first-order chi connectivity index (χ1) is 22.8. The zero-order valence-electron chi connectivity index (χ0n) is 32.4. The number of hydrogen-bond donors (Lipinski definition) is 0. The maximum Gasteiger partial charge on any atom is 0.188 e. The standard InChI is InChI=1S/C44H58O5/c1-41(2,3)29-23-33(39(47-27-45-13)35(25-29)43(7,8)9)31-19-15-17-21-37(31)49-38-22-18-16-20-32(38)34-24-30(42(4,5)6)26-36(44(10,11)12)40(34)48-28-46-14/h15-26H,27-28H2,1-14H3. The Morgan fingerprint density at radius 2 is 0.776 bits per heavy atom. The molecule has 0 fully saturated rings. The van der Waals surface area contributed by atoms with E-state index in [9.17, 15) is 0 Å². The summed E-state index contributed by atoms with van der Waals surface area (Å²) in [6, 6.07) is 25.5. The van der Waals surface area contributed by atoms with E-state index < -0.39 is 0 Å². The number of benzene rings is 4. The van der Waals surface area contributed by atoms with Crippen LogP contribution in [0.5, 0.6) is 23.0 Å². The van der Waals surface area contributed by atoms with Crippen LogP contribution in [0.3, 0.4) is 0 Å². The second-order valence-corrected chi connectivity index (χ2v) is 17.0. The number of ether oxygens (including phenoxy) is 5. The van der Waals surface area contributed by atoms with Gasteiger partial charge in [-0.05, 0) is 57.1 Å². The van der Waals surface area contributed by atoms with Crippen LogP contribution in [0.2, 0.25) is 0 Å². The molecule has 0 aliphatic rings. The fourth-order valence-corrected chi connectivity index (χ4v) is 5.86. The summed E-state index contributed by atoms with van der Waals surface area (Å²) in [4.78, 5) is 0. The van der Waals surface area contributed by atoms with Crippen LogP contribution >= 0.6 is 0 Å². The molecule has 264 valence electrons. The summed E-state index contributed by atoms with van der Waals surface area (Å²) in [5.74, 6) is 3.06. The van der Waals surface area contributed by atoms with Gasteiger partial charge >= 0.3 is 0 Å². The molecule has 5 nitrogen and oxygen atoms in total. The Balaban J connectivity index is 2.00. The summed E-state index contributed by atoms with van der Waals surface area (Å²) in [5.41, 5.74) is 7.98. The average molecular weight is 667 g/mol. The molecule has 0 heterocycles. The zero-order valence-corrected chi connectivity index (χ0v) is 32.4. The second-order valence-electron chi connectivity index (χ2n) is 17.0. The van der Waals surface area contributed by atoms with Gasteiger partial charge in [-0.2, -0.15) is 0 Å². The highest BCUT2D eigenvalue weighted by Gasteiger charge is 2.30. The lowest BCUT2D eigenvalue weighted by atomic mass is 9.78. The third-order valence-corrected chi connectivity index (χ3v) is 8.74. The van der Waals surface area contributed by atoms with Crippen molar-refractivity contribution in [1.29, 1.82) is 0 Å². The van der Waals surface area contributed by atoms with Gasteiger partial charge in [0, 0.05) is 47.6 Å². The van der Waals surface area contributed by atoms with Gasteiger partial charge < -0.3 is 23.7 Å². The van der Waals surface area contributed by atoms with Crippen LogP contribution in [0.25, 0.3) is 22.3 Å². The number of para-hydroxylation sites is 2. The highest BCUT2D eigenvalue weighted by Crippen LogP contribution is 2.49. The zero-order chi connectivity index (χ0) is 36.4. The lowest BCUT2D eigenvalue weighted by molar-refractivity contribution is 0.0500. The lowest BCUT2D eigenvalue weighted by Crippen LogP contribution is -2.19. The molecule has 0 radical (unpaired) electrons. The van der Waals surface area contributed by atoms with Crippen molar-refractivity contribution in [3.8, 4) is 45.3 Å².